The van der Waals surface area contributed by atoms with Crippen LogP contribution in [0.1, 0.15) is 11.1 Å². The van der Waals surface area contributed by atoms with Crippen molar-refractivity contribution < 1.29 is 9.18 Å². The number of para-hydroxylation sites is 1. The zero-order valence-electron chi connectivity index (χ0n) is 12.3. The molecule has 3 rings (SSSR count). The minimum atomic E-state index is -0.289. The van der Waals surface area contributed by atoms with Gasteiger partial charge in [-0.05, 0) is 29.3 Å². The quantitative estimate of drug-likeness (QED) is 0.786. The number of hydrogen-bond donors (Lipinski definition) is 1. The predicted octanol–water partition coefficient (Wildman–Crippen LogP) is 3.51. The molecule has 2 aromatic carbocycles. The molecule has 0 fully saturated rings. The van der Waals surface area contributed by atoms with E-state index in [2.05, 4.69) is 4.98 Å². The van der Waals surface area contributed by atoms with Crippen LogP contribution in [0.3, 0.4) is 0 Å². The Morgan fingerprint density at radius 2 is 1.86 bits per heavy atom. The molecule has 0 aliphatic rings. The second-order valence-electron chi connectivity index (χ2n) is 5.41. The van der Waals surface area contributed by atoms with Crippen molar-refractivity contribution in [2.75, 3.05) is 7.05 Å². The van der Waals surface area contributed by atoms with Crippen LogP contribution >= 0.6 is 0 Å². The zero-order chi connectivity index (χ0) is 15.5. The molecule has 22 heavy (non-hydrogen) atoms. The second-order valence-corrected chi connectivity index (χ2v) is 5.41. The summed E-state index contributed by atoms with van der Waals surface area (Å²) in [6.07, 6.45) is 2.21. The highest BCUT2D eigenvalue weighted by atomic mass is 19.1. The molecule has 3 nitrogen and oxygen atoms in total. The number of benzene rings is 2. The Hall–Kier alpha value is -2.62. The number of carbonyl (C=O) groups is 1. The lowest BCUT2D eigenvalue weighted by Crippen LogP contribution is -2.27. The van der Waals surface area contributed by atoms with Gasteiger partial charge in [0.15, 0.2) is 0 Å². The summed E-state index contributed by atoms with van der Waals surface area (Å²) in [6.45, 7) is 0.546. The summed E-state index contributed by atoms with van der Waals surface area (Å²) in [5.41, 5.74) is 2.97. The summed E-state index contributed by atoms with van der Waals surface area (Å²) in [4.78, 5) is 17.2. The van der Waals surface area contributed by atoms with Crippen molar-refractivity contribution in [2.45, 2.75) is 13.0 Å². The van der Waals surface area contributed by atoms with Crippen LogP contribution in [-0.2, 0) is 17.8 Å². The maximum atomic E-state index is 12.9. The summed E-state index contributed by atoms with van der Waals surface area (Å²) in [5.74, 6) is -0.278. The van der Waals surface area contributed by atoms with E-state index < -0.39 is 0 Å². The molecule has 1 aromatic heterocycles. The molecule has 0 bridgehead atoms. The molecule has 0 unspecified atom stereocenters. The van der Waals surface area contributed by atoms with Gasteiger partial charge in [-0.3, -0.25) is 4.79 Å². The first-order valence-corrected chi connectivity index (χ1v) is 7.17. The number of nitrogens with one attached hydrogen (secondary N) is 1. The summed E-state index contributed by atoms with van der Waals surface area (Å²) in [5, 5.41) is 1.13. The fraction of sp³-hybridized carbons (Fsp3) is 0.167. The standard InChI is InChI=1S/C18H17FN2O/c1-21(18(22)10-13-6-8-15(19)9-7-13)12-14-11-20-17-5-3-2-4-16(14)17/h2-9,11,20H,10,12H2,1H3. The highest BCUT2D eigenvalue weighted by Crippen LogP contribution is 2.19. The molecule has 0 saturated heterocycles. The van der Waals surface area contributed by atoms with Crippen molar-refractivity contribution in [3.63, 3.8) is 0 Å². The Morgan fingerprint density at radius 1 is 1.14 bits per heavy atom. The largest absolute Gasteiger partial charge is 0.361 e. The minimum Gasteiger partial charge on any atom is -0.361 e. The molecule has 0 radical (unpaired) electrons. The molecule has 1 amide bonds. The maximum absolute atomic E-state index is 12.9. The molecule has 0 atom stereocenters. The van der Waals surface area contributed by atoms with Crippen molar-refractivity contribution in [1.82, 2.24) is 9.88 Å². The van der Waals surface area contributed by atoms with Gasteiger partial charge >= 0.3 is 0 Å². The molecule has 1 N–H and O–H groups in total. The molecule has 0 saturated carbocycles. The van der Waals surface area contributed by atoms with E-state index in [4.69, 9.17) is 0 Å². The summed E-state index contributed by atoms with van der Waals surface area (Å²) in [7, 11) is 1.79. The van der Waals surface area contributed by atoms with E-state index in [1.54, 1.807) is 24.1 Å². The molecular formula is C18H17FN2O. The topological polar surface area (TPSA) is 36.1 Å². The number of amides is 1. The van der Waals surface area contributed by atoms with Gasteiger partial charge in [0.25, 0.3) is 0 Å². The minimum absolute atomic E-state index is 0.0110. The van der Waals surface area contributed by atoms with Gasteiger partial charge < -0.3 is 9.88 Å². The molecule has 1 heterocycles. The fourth-order valence-electron chi connectivity index (χ4n) is 2.52. The number of hydrogen-bond acceptors (Lipinski definition) is 1. The van der Waals surface area contributed by atoms with Crippen molar-refractivity contribution in [3.05, 3.63) is 71.7 Å². The highest BCUT2D eigenvalue weighted by molar-refractivity contribution is 5.84. The molecule has 0 aliphatic heterocycles. The predicted molar refractivity (Wildman–Crippen MR) is 84.9 cm³/mol. The number of rotatable bonds is 4. The van der Waals surface area contributed by atoms with Gasteiger partial charge in [-0.25, -0.2) is 4.39 Å². The molecule has 0 spiro atoms. The van der Waals surface area contributed by atoms with Gasteiger partial charge in [-0.15, -0.1) is 0 Å². The Bertz CT molecular complexity index is 792. The van der Waals surface area contributed by atoms with Crippen LogP contribution in [0.5, 0.6) is 0 Å². The number of aromatic nitrogens is 1. The van der Waals surface area contributed by atoms with Crippen LogP contribution in [0.4, 0.5) is 4.39 Å². The Kier molecular flexibility index (Phi) is 3.92. The second kappa shape index (κ2) is 6.02. The lowest BCUT2D eigenvalue weighted by molar-refractivity contribution is -0.129. The van der Waals surface area contributed by atoms with Crippen molar-refractivity contribution in [3.8, 4) is 0 Å². The van der Waals surface area contributed by atoms with E-state index in [-0.39, 0.29) is 18.1 Å². The van der Waals surface area contributed by atoms with Gasteiger partial charge in [0.1, 0.15) is 5.82 Å². The van der Waals surface area contributed by atoms with Crippen LogP contribution in [0, 0.1) is 5.82 Å². The number of aromatic amines is 1. The summed E-state index contributed by atoms with van der Waals surface area (Å²) >= 11 is 0. The van der Waals surface area contributed by atoms with E-state index in [0.717, 1.165) is 22.0 Å². The Balaban J connectivity index is 1.69. The molecule has 3 aromatic rings. The number of nitrogens with zero attached hydrogens (tertiary/aromatic N) is 1. The van der Waals surface area contributed by atoms with E-state index in [1.807, 2.05) is 30.5 Å². The maximum Gasteiger partial charge on any atom is 0.227 e. The molecular weight excluding hydrogens is 279 g/mol. The van der Waals surface area contributed by atoms with Gasteiger partial charge in [0, 0.05) is 30.7 Å². The Morgan fingerprint density at radius 3 is 2.64 bits per heavy atom. The lowest BCUT2D eigenvalue weighted by atomic mass is 10.1. The summed E-state index contributed by atoms with van der Waals surface area (Å²) < 4.78 is 12.9. The summed E-state index contributed by atoms with van der Waals surface area (Å²) in [6, 6.07) is 14.1. The normalized spacial score (nSPS) is 10.8. The third kappa shape index (κ3) is 3.01. The monoisotopic (exact) mass is 296 g/mol. The highest BCUT2D eigenvalue weighted by Gasteiger charge is 2.12. The first-order chi connectivity index (χ1) is 10.6. The van der Waals surface area contributed by atoms with Crippen LogP contribution in [0.15, 0.2) is 54.7 Å². The van der Waals surface area contributed by atoms with Crippen molar-refractivity contribution in [2.24, 2.45) is 0 Å². The Labute approximate surface area is 128 Å². The van der Waals surface area contributed by atoms with Gasteiger partial charge in [-0.2, -0.15) is 0 Å². The average molecular weight is 296 g/mol. The molecule has 112 valence electrons. The fourth-order valence-corrected chi connectivity index (χ4v) is 2.52. The van der Waals surface area contributed by atoms with Gasteiger partial charge in [0.05, 0.1) is 6.42 Å². The van der Waals surface area contributed by atoms with Crippen LogP contribution in [0.25, 0.3) is 10.9 Å². The van der Waals surface area contributed by atoms with E-state index in [9.17, 15) is 9.18 Å². The first kappa shape index (κ1) is 14.3. The molecule has 4 heteroatoms. The van der Waals surface area contributed by atoms with E-state index in [1.165, 1.54) is 12.1 Å². The molecule has 0 aliphatic carbocycles. The van der Waals surface area contributed by atoms with Gasteiger partial charge in [-0.1, -0.05) is 30.3 Å². The first-order valence-electron chi connectivity index (χ1n) is 7.17. The number of likely N-dealkylation sites (N-methyl/N-ethyl adjacent to an activating group) is 1. The number of fused-ring (bicyclic) bond motifs is 1. The number of carbonyl (C=O) groups excluding carboxylic acids is 1. The van der Waals surface area contributed by atoms with Crippen molar-refractivity contribution >= 4 is 16.8 Å². The van der Waals surface area contributed by atoms with Crippen molar-refractivity contribution in [1.29, 1.82) is 0 Å². The van der Waals surface area contributed by atoms with Crippen LogP contribution in [-0.4, -0.2) is 22.8 Å². The number of H-pyrrole nitrogens is 1. The lowest BCUT2D eigenvalue weighted by Gasteiger charge is -2.17. The third-order valence-electron chi connectivity index (χ3n) is 3.78. The average Bonchev–Trinajstić information content (AvgIpc) is 2.93. The van der Waals surface area contributed by atoms with Crippen LogP contribution in [0.2, 0.25) is 0 Å². The van der Waals surface area contributed by atoms with E-state index >= 15 is 0 Å². The number of halogens is 1. The van der Waals surface area contributed by atoms with Crippen LogP contribution < -0.4 is 0 Å². The zero-order valence-corrected chi connectivity index (χ0v) is 12.3. The third-order valence-corrected chi connectivity index (χ3v) is 3.78. The van der Waals surface area contributed by atoms with E-state index in [0.29, 0.717) is 6.54 Å². The smallest absolute Gasteiger partial charge is 0.227 e. The van der Waals surface area contributed by atoms with Gasteiger partial charge in [0.2, 0.25) is 5.91 Å². The SMILES string of the molecule is CN(Cc1c[nH]c2ccccc12)C(=O)Cc1ccc(F)cc1.